The number of aromatic nitrogens is 3. The number of benzene rings is 1. The lowest BCUT2D eigenvalue weighted by Gasteiger charge is -2.17. The van der Waals surface area contributed by atoms with Crippen molar-refractivity contribution in [2.75, 3.05) is 25.5 Å². The zero-order chi connectivity index (χ0) is 20.4. The van der Waals surface area contributed by atoms with Gasteiger partial charge < -0.3 is 14.8 Å². The van der Waals surface area contributed by atoms with Crippen molar-refractivity contribution in [3.63, 3.8) is 0 Å². The molecule has 3 aromatic rings. The van der Waals surface area contributed by atoms with E-state index in [0.717, 1.165) is 40.3 Å². The Kier molecular flexibility index (Phi) is 5.16. The minimum absolute atomic E-state index is 0.608. The molecule has 0 fully saturated rings. The molecule has 0 saturated heterocycles. The van der Waals surface area contributed by atoms with Crippen LogP contribution in [0.2, 0.25) is 0 Å². The number of allylic oxidation sites excluding steroid dienone is 1. The molecule has 0 saturated carbocycles. The minimum Gasteiger partial charge on any atom is -0.374 e. The standard InChI is InChI=1S/C23H26N6/c1-16(2)11-18-13-29(20-7-5-17(3)6-8-20)23-21(18)22(26-15-27-23)25-12-19-14-28(4)10-9-24-19/h5-9,11,13-15H,10,12H2,1-4H3,(H,25,26,27). The predicted octanol–water partition coefficient (Wildman–Crippen LogP) is 4.42. The maximum atomic E-state index is 4.61. The average molecular weight is 387 g/mol. The van der Waals surface area contributed by atoms with E-state index in [4.69, 9.17) is 0 Å². The van der Waals surface area contributed by atoms with Crippen molar-refractivity contribution in [1.29, 1.82) is 0 Å². The summed E-state index contributed by atoms with van der Waals surface area (Å²) in [6, 6.07) is 8.47. The molecule has 1 N–H and O–H groups in total. The van der Waals surface area contributed by atoms with Gasteiger partial charge in [0.05, 0.1) is 24.2 Å². The summed E-state index contributed by atoms with van der Waals surface area (Å²) in [4.78, 5) is 15.7. The van der Waals surface area contributed by atoms with Crippen LogP contribution in [0.15, 0.2) is 59.3 Å². The number of anilines is 1. The summed E-state index contributed by atoms with van der Waals surface area (Å²) in [5.41, 5.74) is 6.51. The Labute approximate surface area is 171 Å². The minimum atomic E-state index is 0.608. The highest BCUT2D eigenvalue weighted by molar-refractivity contribution is 5.96. The molecule has 3 heterocycles. The summed E-state index contributed by atoms with van der Waals surface area (Å²) < 4.78 is 2.13. The summed E-state index contributed by atoms with van der Waals surface area (Å²) in [6.45, 7) is 7.74. The van der Waals surface area contributed by atoms with Gasteiger partial charge in [0.1, 0.15) is 12.1 Å². The van der Waals surface area contributed by atoms with Gasteiger partial charge in [-0.25, -0.2) is 9.97 Å². The van der Waals surface area contributed by atoms with Gasteiger partial charge in [0.25, 0.3) is 0 Å². The van der Waals surface area contributed by atoms with Crippen LogP contribution in [0, 0.1) is 6.92 Å². The third-order valence-electron chi connectivity index (χ3n) is 4.80. The quantitative estimate of drug-likeness (QED) is 0.705. The highest BCUT2D eigenvalue weighted by Gasteiger charge is 2.15. The summed E-state index contributed by atoms with van der Waals surface area (Å²) in [5.74, 6) is 0.817. The SMILES string of the molecule is CC(C)=Cc1cn(-c2ccc(C)cc2)c2ncnc(NCC3=CN(C)CC=N3)c12. The van der Waals surface area contributed by atoms with Crippen molar-refractivity contribution in [1.82, 2.24) is 19.4 Å². The Morgan fingerprint density at radius 1 is 1.17 bits per heavy atom. The second-order valence-electron chi connectivity index (χ2n) is 7.66. The van der Waals surface area contributed by atoms with Crippen LogP contribution in [0.25, 0.3) is 22.8 Å². The van der Waals surface area contributed by atoms with Gasteiger partial charge >= 0.3 is 0 Å². The largest absolute Gasteiger partial charge is 0.374 e. The molecule has 0 bridgehead atoms. The topological polar surface area (TPSA) is 58.3 Å². The Morgan fingerprint density at radius 3 is 2.69 bits per heavy atom. The number of nitrogens with one attached hydrogen (secondary N) is 1. The van der Waals surface area contributed by atoms with E-state index < -0.39 is 0 Å². The summed E-state index contributed by atoms with van der Waals surface area (Å²) in [6.07, 6.45) is 9.91. The lowest BCUT2D eigenvalue weighted by molar-refractivity contribution is 0.515. The molecule has 29 heavy (non-hydrogen) atoms. The number of rotatable bonds is 5. The number of aliphatic imine (C=N–C) groups is 1. The Bertz CT molecular complexity index is 1110. The van der Waals surface area contributed by atoms with Crippen molar-refractivity contribution in [2.24, 2.45) is 4.99 Å². The smallest absolute Gasteiger partial charge is 0.150 e. The van der Waals surface area contributed by atoms with Crippen LogP contribution < -0.4 is 5.32 Å². The molecule has 0 radical (unpaired) electrons. The number of fused-ring (bicyclic) bond motifs is 1. The molecule has 4 rings (SSSR count). The average Bonchev–Trinajstić information content (AvgIpc) is 3.05. The molecular weight excluding hydrogens is 360 g/mol. The molecule has 1 aliphatic heterocycles. The number of hydrogen-bond acceptors (Lipinski definition) is 5. The highest BCUT2D eigenvalue weighted by Crippen LogP contribution is 2.30. The van der Waals surface area contributed by atoms with Crippen LogP contribution in [0.4, 0.5) is 5.82 Å². The van der Waals surface area contributed by atoms with Crippen molar-refractivity contribution < 1.29 is 0 Å². The van der Waals surface area contributed by atoms with Crippen molar-refractivity contribution in [3.05, 3.63) is 65.4 Å². The van der Waals surface area contributed by atoms with Crippen molar-refractivity contribution >= 4 is 29.1 Å². The van der Waals surface area contributed by atoms with E-state index in [9.17, 15) is 0 Å². The van der Waals surface area contributed by atoms with Crippen LogP contribution in [0.1, 0.15) is 25.0 Å². The fourth-order valence-corrected chi connectivity index (χ4v) is 3.44. The second-order valence-corrected chi connectivity index (χ2v) is 7.66. The lowest BCUT2D eigenvalue weighted by Crippen LogP contribution is -2.20. The maximum absolute atomic E-state index is 4.61. The fraction of sp³-hybridized carbons (Fsp3) is 0.261. The van der Waals surface area contributed by atoms with E-state index in [1.54, 1.807) is 6.33 Å². The molecule has 0 atom stereocenters. The fourth-order valence-electron chi connectivity index (χ4n) is 3.44. The zero-order valence-electron chi connectivity index (χ0n) is 17.3. The lowest BCUT2D eigenvalue weighted by atomic mass is 10.1. The van der Waals surface area contributed by atoms with E-state index in [1.807, 2.05) is 13.3 Å². The van der Waals surface area contributed by atoms with E-state index in [-0.39, 0.29) is 0 Å². The van der Waals surface area contributed by atoms with E-state index >= 15 is 0 Å². The Morgan fingerprint density at radius 2 is 1.97 bits per heavy atom. The predicted molar refractivity (Wildman–Crippen MR) is 121 cm³/mol. The first-order chi connectivity index (χ1) is 14.0. The molecule has 148 valence electrons. The number of hydrogen-bond donors (Lipinski definition) is 1. The molecule has 1 aliphatic rings. The molecule has 6 nitrogen and oxygen atoms in total. The summed E-state index contributed by atoms with van der Waals surface area (Å²) >= 11 is 0. The highest BCUT2D eigenvalue weighted by atomic mass is 15.1. The normalized spacial score (nSPS) is 13.5. The van der Waals surface area contributed by atoms with E-state index in [1.165, 1.54) is 11.1 Å². The van der Waals surface area contributed by atoms with E-state index in [0.29, 0.717) is 6.54 Å². The van der Waals surface area contributed by atoms with Gasteiger partial charge in [0.15, 0.2) is 5.65 Å². The second kappa shape index (κ2) is 7.91. The van der Waals surface area contributed by atoms with Gasteiger partial charge in [-0.2, -0.15) is 0 Å². The molecule has 0 unspecified atom stereocenters. The van der Waals surface area contributed by atoms with Crippen LogP contribution >= 0.6 is 0 Å². The molecular formula is C23H26N6. The number of aryl methyl sites for hydroxylation is 1. The van der Waals surface area contributed by atoms with Crippen LogP contribution in [0.3, 0.4) is 0 Å². The van der Waals surface area contributed by atoms with Gasteiger partial charge in [-0.15, -0.1) is 0 Å². The third-order valence-corrected chi connectivity index (χ3v) is 4.80. The van der Waals surface area contributed by atoms with Crippen molar-refractivity contribution in [2.45, 2.75) is 20.8 Å². The van der Waals surface area contributed by atoms with Crippen molar-refractivity contribution in [3.8, 4) is 5.69 Å². The Hall–Kier alpha value is -3.41. The number of nitrogens with zero attached hydrogens (tertiary/aromatic N) is 5. The Balaban J connectivity index is 1.78. The molecule has 0 spiro atoms. The summed E-state index contributed by atoms with van der Waals surface area (Å²) in [7, 11) is 2.04. The maximum Gasteiger partial charge on any atom is 0.150 e. The molecule has 1 aromatic carbocycles. The first-order valence-corrected chi connectivity index (χ1v) is 9.76. The van der Waals surface area contributed by atoms with Crippen LogP contribution in [0.5, 0.6) is 0 Å². The van der Waals surface area contributed by atoms with Crippen LogP contribution in [-0.4, -0.2) is 45.8 Å². The zero-order valence-corrected chi connectivity index (χ0v) is 17.3. The third kappa shape index (κ3) is 4.06. The van der Waals surface area contributed by atoms with E-state index in [2.05, 4.69) is 93.3 Å². The molecule has 6 heteroatoms. The molecule has 2 aromatic heterocycles. The summed E-state index contributed by atoms with van der Waals surface area (Å²) in [5, 5.41) is 4.48. The first-order valence-electron chi connectivity index (χ1n) is 9.76. The van der Waals surface area contributed by atoms with Gasteiger partial charge in [-0.05, 0) is 32.9 Å². The first kappa shape index (κ1) is 18.9. The van der Waals surface area contributed by atoms with Gasteiger partial charge in [0.2, 0.25) is 0 Å². The molecule has 0 amide bonds. The van der Waals surface area contributed by atoms with Gasteiger partial charge in [-0.3, -0.25) is 4.99 Å². The molecule has 0 aliphatic carbocycles. The van der Waals surface area contributed by atoms with Gasteiger partial charge in [0, 0.05) is 36.9 Å². The van der Waals surface area contributed by atoms with Gasteiger partial charge in [-0.1, -0.05) is 29.3 Å². The van der Waals surface area contributed by atoms with Crippen LogP contribution in [-0.2, 0) is 0 Å². The monoisotopic (exact) mass is 386 g/mol.